The van der Waals surface area contributed by atoms with Crippen LogP contribution in [0.5, 0.6) is 0 Å². The summed E-state index contributed by atoms with van der Waals surface area (Å²) in [6.07, 6.45) is 5.34. The summed E-state index contributed by atoms with van der Waals surface area (Å²) in [7, 11) is 0. The largest absolute Gasteiger partial charge is 0.356 e. The van der Waals surface area contributed by atoms with E-state index in [1.54, 1.807) is 19.3 Å². The first-order valence-corrected chi connectivity index (χ1v) is 8.77. The summed E-state index contributed by atoms with van der Waals surface area (Å²) in [5.41, 5.74) is 2.58. The second-order valence-electron chi connectivity index (χ2n) is 6.81. The fourth-order valence-corrected chi connectivity index (χ4v) is 2.92. The molecule has 1 N–H and O–H groups in total. The topological polar surface area (TPSA) is 71.5 Å². The van der Waals surface area contributed by atoms with Crippen LogP contribution in [0.25, 0.3) is 6.08 Å². The van der Waals surface area contributed by atoms with Gasteiger partial charge < -0.3 is 10.1 Å². The molecule has 2 aromatic rings. The minimum Gasteiger partial charge on any atom is -0.356 e. The number of urea groups is 1. The van der Waals surface area contributed by atoms with Gasteiger partial charge in [-0.1, -0.05) is 36.4 Å². The molecule has 6 heteroatoms. The monoisotopic (exact) mass is 365 g/mol. The molecule has 1 aliphatic rings. The maximum atomic E-state index is 12.9. The summed E-state index contributed by atoms with van der Waals surface area (Å²) in [6, 6.07) is 11.1. The Hall–Kier alpha value is -2.99. The van der Waals surface area contributed by atoms with Gasteiger partial charge in [-0.3, -0.25) is 9.78 Å². The number of hydrogen-bond donors (Lipinski definition) is 1. The van der Waals surface area contributed by atoms with Crippen molar-refractivity contribution < 1.29 is 14.3 Å². The molecule has 140 valence electrons. The van der Waals surface area contributed by atoms with Gasteiger partial charge in [-0.2, -0.15) is 0 Å². The second kappa shape index (κ2) is 7.72. The van der Waals surface area contributed by atoms with Crippen molar-refractivity contribution in [3.05, 3.63) is 71.1 Å². The van der Waals surface area contributed by atoms with Crippen LogP contribution in [0.1, 0.15) is 30.5 Å². The highest BCUT2D eigenvalue weighted by Crippen LogP contribution is 2.27. The van der Waals surface area contributed by atoms with E-state index in [4.69, 9.17) is 4.74 Å². The van der Waals surface area contributed by atoms with Crippen LogP contribution < -0.4 is 5.32 Å². The molecule has 3 rings (SSSR count). The third-order valence-electron chi connectivity index (χ3n) is 4.85. The molecule has 1 aromatic heterocycles. The zero-order valence-electron chi connectivity index (χ0n) is 15.7. The third kappa shape index (κ3) is 3.90. The van der Waals surface area contributed by atoms with E-state index < -0.39 is 11.6 Å². The van der Waals surface area contributed by atoms with Crippen LogP contribution >= 0.6 is 0 Å². The Labute approximate surface area is 158 Å². The first-order valence-electron chi connectivity index (χ1n) is 8.77. The van der Waals surface area contributed by atoms with E-state index >= 15 is 0 Å². The fraction of sp³-hybridized carbons (Fsp3) is 0.286. The first-order chi connectivity index (χ1) is 12.9. The molecule has 1 aliphatic heterocycles. The van der Waals surface area contributed by atoms with E-state index in [0.717, 1.165) is 27.2 Å². The number of aryl methyl sites for hydroxylation is 1. The van der Waals surface area contributed by atoms with Crippen molar-refractivity contribution in [2.45, 2.75) is 32.9 Å². The van der Waals surface area contributed by atoms with Crippen molar-refractivity contribution >= 4 is 18.0 Å². The van der Waals surface area contributed by atoms with Gasteiger partial charge >= 0.3 is 6.03 Å². The van der Waals surface area contributed by atoms with Crippen LogP contribution in [0.3, 0.4) is 0 Å². The lowest BCUT2D eigenvalue weighted by Crippen LogP contribution is -2.45. The summed E-state index contributed by atoms with van der Waals surface area (Å²) in [5, 5.41) is 2.79. The van der Waals surface area contributed by atoms with Crippen molar-refractivity contribution in [2.75, 3.05) is 6.73 Å². The summed E-state index contributed by atoms with van der Waals surface area (Å²) in [5.74, 6) is -0.323. The van der Waals surface area contributed by atoms with E-state index in [2.05, 4.69) is 10.3 Å². The van der Waals surface area contributed by atoms with Gasteiger partial charge in [0.15, 0.2) is 0 Å². The number of hydrogen-bond acceptors (Lipinski definition) is 4. The van der Waals surface area contributed by atoms with Crippen molar-refractivity contribution in [3.8, 4) is 0 Å². The van der Waals surface area contributed by atoms with Gasteiger partial charge in [0.25, 0.3) is 5.91 Å². The van der Waals surface area contributed by atoms with Gasteiger partial charge in [-0.25, -0.2) is 9.69 Å². The molecular weight excluding hydrogens is 342 g/mol. The molecule has 1 atom stereocenters. The van der Waals surface area contributed by atoms with E-state index in [0.29, 0.717) is 6.61 Å². The van der Waals surface area contributed by atoms with Gasteiger partial charge in [-0.05, 0) is 49.1 Å². The number of imide groups is 1. The SMILES string of the molecule is C/C(=C\c1cnccc1C)[C@]1(C)NC(=O)N(COCc2ccccc2)C1=O. The minimum atomic E-state index is -1.10. The predicted molar refractivity (Wildman–Crippen MR) is 103 cm³/mol. The molecule has 0 spiro atoms. The van der Waals surface area contributed by atoms with Crippen LogP contribution in [0.4, 0.5) is 4.79 Å². The normalized spacial score (nSPS) is 20.1. The number of rotatable bonds is 6. The predicted octanol–water partition coefficient (Wildman–Crippen LogP) is 3.28. The molecule has 3 amide bonds. The Morgan fingerprint density at radius 3 is 2.70 bits per heavy atom. The van der Waals surface area contributed by atoms with Crippen LogP contribution in [0.15, 0.2) is 54.4 Å². The van der Waals surface area contributed by atoms with E-state index in [1.807, 2.05) is 56.3 Å². The Morgan fingerprint density at radius 1 is 1.26 bits per heavy atom. The Balaban J connectivity index is 1.71. The van der Waals surface area contributed by atoms with E-state index in [1.165, 1.54) is 0 Å². The second-order valence-corrected chi connectivity index (χ2v) is 6.81. The van der Waals surface area contributed by atoms with Crippen LogP contribution in [0.2, 0.25) is 0 Å². The highest BCUT2D eigenvalue weighted by molar-refractivity contribution is 6.09. The summed E-state index contributed by atoms with van der Waals surface area (Å²) >= 11 is 0. The summed E-state index contributed by atoms with van der Waals surface area (Å²) in [6.45, 7) is 5.76. The van der Waals surface area contributed by atoms with Gasteiger partial charge in [0, 0.05) is 12.4 Å². The molecule has 0 unspecified atom stereocenters. The molecule has 1 fully saturated rings. The Kier molecular flexibility index (Phi) is 5.37. The van der Waals surface area contributed by atoms with Gasteiger partial charge in [-0.15, -0.1) is 0 Å². The number of nitrogens with one attached hydrogen (secondary N) is 1. The van der Waals surface area contributed by atoms with Crippen molar-refractivity contribution in [3.63, 3.8) is 0 Å². The molecular formula is C21H23N3O3. The highest BCUT2D eigenvalue weighted by Gasteiger charge is 2.48. The highest BCUT2D eigenvalue weighted by atomic mass is 16.5. The quantitative estimate of drug-likeness (QED) is 0.798. The van der Waals surface area contributed by atoms with Crippen molar-refractivity contribution in [2.24, 2.45) is 0 Å². The Bertz CT molecular complexity index is 879. The smallest absolute Gasteiger partial charge is 0.327 e. The molecule has 27 heavy (non-hydrogen) atoms. The minimum absolute atomic E-state index is 0.0889. The first kappa shape index (κ1) is 18.8. The zero-order valence-corrected chi connectivity index (χ0v) is 15.7. The number of ether oxygens (including phenoxy) is 1. The van der Waals surface area contributed by atoms with Gasteiger partial charge in [0.2, 0.25) is 0 Å². The number of carbonyl (C=O) groups is 2. The van der Waals surface area contributed by atoms with Gasteiger partial charge in [0.1, 0.15) is 12.3 Å². The molecule has 0 saturated carbocycles. The Morgan fingerprint density at radius 2 is 2.00 bits per heavy atom. The molecule has 0 bridgehead atoms. The number of nitrogens with zero attached hydrogens (tertiary/aromatic N) is 2. The summed E-state index contributed by atoms with van der Waals surface area (Å²) in [4.78, 5) is 30.5. The maximum Gasteiger partial charge on any atom is 0.327 e. The van der Waals surface area contributed by atoms with Crippen LogP contribution in [0, 0.1) is 6.92 Å². The molecule has 2 heterocycles. The van der Waals surface area contributed by atoms with Crippen LogP contribution in [-0.2, 0) is 16.1 Å². The fourth-order valence-electron chi connectivity index (χ4n) is 2.92. The third-order valence-corrected chi connectivity index (χ3v) is 4.85. The maximum absolute atomic E-state index is 12.9. The molecule has 1 aromatic carbocycles. The number of carbonyl (C=O) groups excluding carboxylic acids is 2. The van der Waals surface area contributed by atoms with Crippen LogP contribution in [-0.4, -0.2) is 34.1 Å². The van der Waals surface area contributed by atoms with Crippen molar-refractivity contribution in [1.29, 1.82) is 0 Å². The lowest BCUT2D eigenvalue weighted by atomic mass is 9.91. The summed E-state index contributed by atoms with van der Waals surface area (Å²) < 4.78 is 5.57. The number of amides is 3. The van der Waals surface area contributed by atoms with Gasteiger partial charge in [0.05, 0.1) is 6.61 Å². The van der Waals surface area contributed by atoms with E-state index in [9.17, 15) is 9.59 Å². The average molecular weight is 365 g/mol. The van der Waals surface area contributed by atoms with E-state index in [-0.39, 0.29) is 12.6 Å². The molecule has 0 aliphatic carbocycles. The molecule has 1 saturated heterocycles. The molecule has 6 nitrogen and oxygen atoms in total. The standard InChI is InChI=1S/C21H23N3O3/c1-15-9-10-22-12-18(15)11-16(2)21(3)19(25)24(20(26)23-21)14-27-13-17-7-5-4-6-8-17/h4-12H,13-14H2,1-3H3,(H,23,26)/b16-11+/t21-/m0/s1. The average Bonchev–Trinajstić information content (AvgIpc) is 2.88. The number of benzene rings is 1. The van der Waals surface area contributed by atoms with Crippen molar-refractivity contribution in [1.82, 2.24) is 15.2 Å². The zero-order chi connectivity index (χ0) is 19.4. The lowest BCUT2D eigenvalue weighted by Gasteiger charge is -2.23. The number of pyridine rings is 1. The molecule has 0 radical (unpaired) electrons. The number of aromatic nitrogens is 1. The lowest BCUT2D eigenvalue weighted by molar-refractivity contribution is -0.133.